The standard InChI is InChI=1S/C23H24Cl2N2O2S2/c1-15-5-3-6-16(2)19(15)13-17-14-30-23(26-17)27-11-9-18(10-12-27)31(28,29)21-8-4-7-20(24)22(21)25/h3-8,14,18H,9-13H2,1-2H3. The van der Waals surface area contributed by atoms with Gasteiger partial charge in [0.1, 0.15) is 0 Å². The summed E-state index contributed by atoms with van der Waals surface area (Å²) < 4.78 is 26.2. The largest absolute Gasteiger partial charge is 0.348 e. The minimum atomic E-state index is -3.53. The average molecular weight is 495 g/mol. The molecule has 2 aromatic carbocycles. The summed E-state index contributed by atoms with van der Waals surface area (Å²) in [6.45, 7) is 5.57. The lowest BCUT2D eigenvalue weighted by atomic mass is 9.99. The Kier molecular flexibility index (Phi) is 6.63. The first kappa shape index (κ1) is 22.6. The SMILES string of the molecule is Cc1cccc(C)c1Cc1csc(N2CCC(S(=O)(=O)c3cccc(Cl)c3Cl)CC2)n1. The Morgan fingerprint density at radius 2 is 1.71 bits per heavy atom. The van der Waals surface area contributed by atoms with Gasteiger partial charge in [0.15, 0.2) is 15.0 Å². The molecule has 1 aromatic heterocycles. The summed E-state index contributed by atoms with van der Waals surface area (Å²) in [7, 11) is -3.53. The molecule has 0 atom stereocenters. The van der Waals surface area contributed by atoms with Gasteiger partial charge in [-0.15, -0.1) is 11.3 Å². The van der Waals surface area contributed by atoms with Crippen LogP contribution in [0.25, 0.3) is 0 Å². The van der Waals surface area contributed by atoms with Crippen molar-refractivity contribution in [3.63, 3.8) is 0 Å². The highest BCUT2D eigenvalue weighted by molar-refractivity contribution is 7.92. The molecule has 0 saturated carbocycles. The van der Waals surface area contributed by atoms with E-state index < -0.39 is 15.1 Å². The first-order chi connectivity index (χ1) is 14.8. The van der Waals surface area contributed by atoms with E-state index in [-0.39, 0.29) is 14.9 Å². The number of benzene rings is 2. The van der Waals surface area contributed by atoms with Crippen LogP contribution in [-0.4, -0.2) is 31.7 Å². The van der Waals surface area contributed by atoms with Gasteiger partial charge < -0.3 is 4.90 Å². The van der Waals surface area contributed by atoms with Crippen LogP contribution in [0.1, 0.15) is 35.2 Å². The summed E-state index contributed by atoms with van der Waals surface area (Å²) in [4.78, 5) is 7.15. The monoisotopic (exact) mass is 494 g/mol. The molecule has 0 bridgehead atoms. The van der Waals surface area contributed by atoms with E-state index in [0.717, 1.165) is 17.2 Å². The Morgan fingerprint density at radius 3 is 2.39 bits per heavy atom. The number of hydrogen-bond donors (Lipinski definition) is 0. The second-order valence-electron chi connectivity index (χ2n) is 7.95. The van der Waals surface area contributed by atoms with Gasteiger partial charge >= 0.3 is 0 Å². The Morgan fingerprint density at radius 1 is 1.06 bits per heavy atom. The molecule has 164 valence electrons. The van der Waals surface area contributed by atoms with Crippen molar-refractivity contribution in [3.8, 4) is 0 Å². The van der Waals surface area contributed by atoms with Gasteiger partial charge in [0.25, 0.3) is 0 Å². The van der Waals surface area contributed by atoms with Gasteiger partial charge in [-0.2, -0.15) is 0 Å². The molecule has 4 rings (SSSR count). The van der Waals surface area contributed by atoms with E-state index in [1.54, 1.807) is 23.5 Å². The number of piperidine rings is 1. The fourth-order valence-corrected chi connectivity index (χ4v) is 7.45. The zero-order chi connectivity index (χ0) is 22.2. The number of thiazole rings is 1. The second-order valence-corrected chi connectivity index (χ2v) is 11.8. The van der Waals surface area contributed by atoms with Gasteiger partial charge in [0.05, 0.1) is 25.9 Å². The third kappa shape index (κ3) is 4.63. The highest BCUT2D eigenvalue weighted by Crippen LogP contribution is 2.35. The molecule has 1 aliphatic heterocycles. The highest BCUT2D eigenvalue weighted by atomic mass is 35.5. The van der Waals surface area contributed by atoms with Crippen LogP contribution >= 0.6 is 34.5 Å². The third-order valence-electron chi connectivity index (χ3n) is 5.92. The zero-order valence-electron chi connectivity index (χ0n) is 17.4. The fourth-order valence-electron chi connectivity index (χ4n) is 4.07. The van der Waals surface area contributed by atoms with Crippen molar-refractivity contribution in [2.45, 2.75) is 43.3 Å². The number of sulfone groups is 1. The molecule has 0 N–H and O–H groups in total. The van der Waals surface area contributed by atoms with E-state index in [0.29, 0.717) is 25.9 Å². The number of hydrogen-bond acceptors (Lipinski definition) is 5. The van der Waals surface area contributed by atoms with Crippen LogP contribution in [0.4, 0.5) is 5.13 Å². The topological polar surface area (TPSA) is 50.3 Å². The fraction of sp³-hybridized carbons (Fsp3) is 0.348. The summed E-state index contributed by atoms with van der Waals surface area (Å²) in [6, 6.07) is 11.1. The van der Waals surface area contributed by atoms with E-state index in [1.807, 2.05) is 0 Å². The van der Waals surface area contributed by atoms with Crippen LogP contribution < -0.4 is 4.90 Å². The van der Waals surface area contributed by atoms with Crippen LogP contribution in [0, 0.1) is 13.8 Å². The van der Waals surface area contributed by atoms with Crippen molar-refractivity contribution in [3.05, 3.63) is 74.2 Å². The summed E-state index contributed by atoms with van der Waals surface area (Å²) in [5.74, 6) is 0. The first-order valence-electron chi connectivity index (χ1n) is 10.2. The number of aromatic nitrogens is 1. The number of halogens is 2. The van der Waals surface area contributed by atoms with Gasteiger partial charge in [0, 0.05) is 24.9 Å². The summed E-state index contributed by atoms with van der Waals surface area (Å²) in [5, 5.41) is 2.98. The molecule has 3 aromatic rings. The van der Waals surface area contributed by atoms with E-state index in [1.165, 1.54) is 22.8 Å². The summed E-state index contributed by atoms with van der Waals surface area (Å²) in [6.07, 6.45) is 1.89. The summed E-state index contributed by atoms with van der Waals surface area (Å²) in [5.41, 5.74) is 4.93. The highest BCUT2D eigenvalue weighted by Gasteiger charge is 2.33. The maximum atomic E-state index is 13.1. The van der Waals surface area contributed by atoms with Crippen LogP contribution in [0.5, 0.6) is 0 Å². The molecule has 0 radical (unpaired) electrons. The lowest BCUT2D eigenvalue weighted by Crippen LogP contribution is -2.39. The minimum Gasteiger partial charge on any atom is -0.348 e. The van der Waals surface area contributed by atoms with Crippen molar-refractivity contribution in [1.29, 1.82) is 0 Å². The van der Waals surface area contributed by atoms with Crippen molar-refractivity contribution in [2.75, 3.05) is 18.0 Å². The Balaban J connectivity index is 1.44. The Bertz CT molecular complexity index is 1180. The van der Waals surface area contributed by atoms with Gasteiger partial charge in [-0.3, -0.25) is 0 Å². The lowest BCUT2D eigenvalue weighted by molar-refractivity contribution is 0.529. The predicted octanol–water partition coefficient (Wildman–Crippen LogP) is 6.10. The maximum Gasteiger partial charge on any atom is 0.185 e. The molecular formula is C23H24Cl2N2O2S2. The van der Waals surface area contributed by atoms with E-state index >= 15 is 0 Å². The zero-order valence-corrected chi connectivity index (χ0v) is 20.6. The van der Waals surface area contributed by atoms with Gasteiger partial charge in [-0.1, -0.05) is 47.5 Å². The van der Waals surface area contributed by atoms with E-state index in [9.17, 15) is 8.42 Å². The van der Waals surface area contributed by atoms with E-state index in [4.69, 9.17) is 28.2 Å². The van der Waals surface area contributed by atoms with Crippen LogP contribution in [-0.2, 0) is 16.3 Å². The summed E-state index contributed by atoms with van der Waals surface area (Å²) >= 11 is 13.8. The van der Waals surface area contributed by atoms with E-state index in [2.05, 4.69) is 42.3 Å². The molecule has 4 nitrogen and oxygen atoms in total. The Hall–Kier alpha value is -1.60. The molecule has 2 heterocycles. The quantitative estimate of drug-likeness (QED) is 0.429. The molecule has 0 amide bonds. The molecule has 8 heteroatoms. The van der Waals surface area contributed by atoms with Crippen LogP contribution in [0.2, 0.25) is 10.0 Å². The average Bonchev–Trinajstić information content (AvgIpc) is 3.21. The molecule has 31 heavy (non-hydrogen) atoms. The number of rotatable bonds is 5. The van der Waals surface area contributed by atoms with Crippen LogP contribution in [0.15, 0.2) is 46.7 Å². The lowest BCUT2D eigenvalue weighted by Gasteiger charge is -2.31. The van der Waals surface area contributed by atoms with Crippen molar-refractivity contribution < 1.29 is 8.42 Å². The van der Waals surface area contributed by atoms with Crippen molar-refractivity contribution in [1.82, 2.24) is 4.98 Å². The van der Waals surface area contributed by atoms with Gasteiger partial charge in [-0.25, -0.2) is 13.4 Å². The maximum absolute atomic E-state index is 13.1. The molecule has 1 fully saturated rings. The molecule has 0 aliphatic carbocycles. The molecule has 1 saturated heterocycles. The normalized spacial score (nSPS) is 15.4. The van der Waals surface area contributed by atoms with Crippen LogP contribution in [0.3, 0.4) is 0 Å². The second kappa shape index (κ2) is 9.10. The molecule has 1 aliphatic rings. The van der Waals surface area contributed by atoms with Crippen molar-refractivity contribution in [2.24, 2.45) is 0 Å². The van der Waals surface area contributed by atoms with Crippen molar-refractivity contribution >= 4 is 49.5 Å². The molecular weight excluding hydrogens is 471 g/mol. The molecule has 0 spiro atoms. The molecule has 0 unspecified atom stereocenters. The third-order valence-corrected chi connectivity index (χ3v) is 10.1. The Labute approximate surface area is 197 Å². The first-order valence-corrected chi connectivity index (χ1v) is 13.4. The smallest absolute Gasteiger partial charge is 0.185 e. The van der Waals surface area contributed by atoms with Gasteiger partial charge in [0.2, 0.25) is 0 Å². The number of nitrogens with zero attached hydrogens (tertiary/aromatic N) is 2. The number of aryl methyl sites for hydroxylation is 2. The van der Waals surface area contributed by atoms with Gasteiger partial charge in [-0.05, 0) is 55.5 Å². The minimum absolute atomic E-state index is 0.114. The predicted molar refractivity (Wildman–Crippen MR) is 130 cm³/mol. The number of anilines is 1.